The standard InChI is InChI=1S/C22H20ClN5O3S2/c1-2-31-16-7-8-17-18(11-16)33-22(26-17)27-19(29)9-6-15-12-32-21(25-15)28-20(30)24-14-5-3-4-13(23)10-14/h3-5,7-8,10-12H,2,6,9H2,1H3,(H,26,27,29)(H2,24,25,28,30). The number of benzene rings is 2. The molecule has 4 aromatic rings. The van der Waals surface area contributed by atoms with Gasteiger partial charge in [0.15, 0.2) is 10.3 Å². The Balaban J connectivity index is 1.27. The summed E-state index contributed by atoms with van der Waals surface area (Å²) in [4.78, 5) is 33.3. The fourth-order valence-corrected chi connectivity index (χ4v) is 4.78. The number of amides is 3. The lowest BCUT2D eigenvalue weighted by molar-refractivity contribution is -0.116. The molecule has 3 amide bonds. The van der Waals surface area contributed by atoms with Gasteiger partial charge in [0, 0.05) is 22.5 Å². The molecule has 4 rings (SSSR count). The van der Waals surface area contributed by atoms with Crippen molar-refractivity contribution in [2.75, 3.05) is 22.6 Å². The zero-order chi connectivity index (χ0) is 23.2. The van der Waals surface area contributed by atoms with E-state index in [9.17, 15) is 9.59 Å². The Kier molecular flexibility index (Phi) is 7.38. The van der Waals surface area contributed by atoms with Gasteiger partial charge in [-0.05, 0) is 49.7 Å². The first-order valence-electron chi connectivity index (χ1n) is 10.1. The number of urea groups is 1. The summed E-state index contributed by atoms with van der Waals surface area (Å²) in [6.45, 7) is 2.52. The Bertz CT molecular complexity index is 1290. The van der Waals surface area contributed by atoms with Crippen molar-refractivity contribution in [2.24, 2.45) is 0 Å². The number of anilines is 3. The Hall–Kier alpha value is -3.21. The first kappa shape index (κ1) is 23.0. The van der Waals surface area contributed by atoms with Crippen molar-refractivity contribution in [3.8, 4) is 5.75 Å². The lowest BCUT2D eigenvalue weighted by Crippen LogP contribution is -2.19. The number of thiazole rings is 2. The molecule has 0 saturated heterocycles. The van der Waals surface area contributed by atoms with Gasteiger partial charge in [-0.25, -0.2) is 14.8 Å². The molecule has 0 radical (unpaired) electrons. The topological polar surface area (TPSA) is 105 Å². The number of carbonyl (C=O) groups is 2. The van der Waals surface area contributed by atoms with Crippen molar-refractivity contribution in [1.82, 2.24) is 9.97 Å². The number of hydrogen-bond donors (Lipinski definition) is 3. The summed E-state index contributed by atoms with van der Waals surface area (Å²) in [5.74, 6) is 0.626. The third kappa shape index (κ3) is 6.41. The maximum absolute atomic E-state index is 12.4. The summed E-state index contributed by atoms with van der Waals surface area (Å²) in [6.07, 6.45) is 0.692. The van der Waals surface area contributed by atoms with Crippen LogP contribution in [0.25, 0.3) is 10.2 Å². The summed E-state index contributed by atoms with van der Waals surface area (Å²) in [5.41, 5.74) is 2.11. The second kappa shape index (κ2) is 10.6. The van der Waals surface area contributed by atoms with Crippen LogP contribution < -0.4 is 20.7 Å². The minimum Gasteiger partial charge on any atom is -0.494 e. The highest BCUT2D eigenvalue weighted by Gasteiger charge is 2.11. The molecule has 2 heterocycles. The lowest BCUT2D eigenvalue weighted by Gasteiger charge is -2.05. The van der Waals surface area contributed by atoms with E-state index in [4.69, 9.17) is 16.3 Å². The van der Waals surface area contributed by atoms with Crippen molar-refractivity contribution in [3.05, 3.63) is 58.6 Å². The SMILES string of the molecule is CCOc1ccc2nc(NC(=O)CCc3csc(NC(=O)Nc4cccc(Cl)c4)n3)sc2c1. The van der Waals surface area contributed by atoms with E-state index in [0.717, 1.165) is 21.7 Å². The number of halogens is 1. The summed E-state index contributed by atoms with van der Waals surface area (Å²) in [5, 5.41) is 11.5. The fourth-order valence-electron chi connectivity index (χ4n) is 2.94. The van der Waals surface area contributed by atoms with Crippen LogP contribution in [0, 0.1) is 0 Å². The molecule has 0 aliphatic heterocycles. The van der Waals surface area contributed by atoms with Crippen LogP contribution in [-0.2, 0) is 11.2 Å². The minimum absolute atomic E-state index is 0.153. The number of aryl methyl sites for hydroxylation is 1. The van der Waals surface area contributed by atoms with Gasteiger partial charge in [-0.15, -0.1) is 11.3 Å². The number of hydrogen-bond acceptors (Lipinski definition) is 7. The summed E-state index contributed by atoms with van der Waals surface area (Å²) in [6, 6.07) is 12.1. The molecule has 3 N–H and O–H groups in total. The van der Waals surface area contributed by atoms with Crippen LogP contribution >= 0.6 is 34.3 Å². The van der Waals surface area contributed by atoms with Crippen molar-refractivity contribution in [1.29, 1.82) is 0 Å². The van der Waals surface area contributed by atoms with E-state index in [1.807, 2.05) is 30.5 Å². The molecule has 8 nitrogen and oxygen atoms in total. The van der Waals surface area contributed by atoms with E-state index < -0.39 is 6.03 Å². The van der Waals surface area contributed by atoms with Gasteiger partial charge in [0.05, 0.1) is 22.5 Å². The number of rotatable bonds is 8. The molecule has 0 spiro atoms. The normalized spacial score (nSPS) is 10.7. The van der Waals surface area contributed by atoms with Crippen LogP contribution in [-0.4, -0.2) is 28.5 Å². The zero-order valence-electron chi connectivity index (χ0n) is 17.6. The van der Waals surface area contributed by atoms with Crippen molar-refractivity contribution in [3.63, 3.8) is 0 Å². The highest BCUT2D eigenvalue weighted by molar-refractivity contribution is 7.22. The Morgan fingerprint density at radius 3 is 2.76 bits per heavy atom. The molecule has 11 heteroatoms. The van der Waals surface area contributed by atoms with Gasteiger partial charge >= 0.3 is 6.03 Å². The quantitative estimate of drug-likeness (QED) is 0.274. The fraction of sp³-hybridized carbons (Fsp3) is 0.182. The van der Waals surface area contributed by atoms with Gasteiger partial charge in [0.25, 0.3) is 0 Å². The molecule has 0 saturated carbocycles. The molecule has 0 unspecified atom stereocenters. The van der Waals surface area contributed by atoms with Crippen LogP contribution in [0.3, 0.4) is 0 Å². The highest BCUT2D eigenvalue weighted by Crippen LogP contribution is 2.29. The predicted octanol–water partition coefficient (Wildman–Crippen LogP) is 6.02. The van der Waals surface area contributed by atoms with Crippen molar-refractivity contribution in [2.45, 2.75) is 19.8 Å². The molecule has 0 aliphatic rings. The van der Waals surface area contributed by atoms with Gasteiger partial charge in [0.2, 0.25) is 5.91 Å². The van der Waals surface area contributed by atoms with E-state index in [2.05, 4.69) is 25.9 Å². The summed E-state index contributed by atoms with van der Waals surface area (Å²) in [7, 11) is 0. The molecule has 33 heavy (non-hydrogen) atoms. The number of fused-ring (bicyclic) bond motifs is 1. The molecule has 0 atom stereocenters. The van der Waals surface area contributed by atoms with Crippen LogP contribution in [0.5, 0.6) is 5.75 Å². The van der Waals surface area contributed by atoms with E-state index in [1.165, 1.54) is 22.7 Å². The van der Waals surface area contributed by atoms with Crippen LogP contribution in [0.15, 0.2) is 47.8 Å². The number of aromatic nitrogens is 2. The monoisotopic (exact) mass is 501 g/mol. The average Bonchev–Trinajstić information content (AvgIpc) is 3.38. The lowest BCUT2D eigenvalue weighted by atomic mass is 10.2. The molecule has 2 aromatic heterocycles. The van der Waals surface area contributed by atoms with E-state index in [0.29, 0.717) is 34.0 Å². The van der Waals surface area contributed by atoms with E-state index >= 15 is 0 Å². The highest BCUT2D eigenvalue weighted by atomic mass is 35.5. The number of nitrogens with one attached hydrogen (secondary N) is 3. The first-order chi connectivity index (χ1) is 16.0. The molecule has 170 valence electrons. The molecular weight excluding hydrogens is 482 g/mol. The van der Waals surface area contributed by atoms with Crippen molar-refractivity contribution >= 4 is 72.4 Å². The molecule has 0 aliphatic carbocycles. The smallest absolute Gasteiger partial charge is 0.325 e. The number of carbonyl (C=O) groups excluding carboxylic acids is 2. The Labute approximate surface area is 203 Å². The molecule has 0 bridgehead atoms. The second-order valence-corrected chi connectivity index (χ2v) is 9.19. The van der Waals surface area contributed by atoms with Crippen LogP contribution in [0.1, 0.15) is 19.0 Å². The van der Waals surface area contributed by atoms with Gasteiger partial charge in [-0.2, -0.15) is 0 Å². The molecule has 0 fully saturated rings. The van der Waals surface area contributed by atoms with Gasteiger partial charge in [-0.3, -0.25) is 10.1 Å². The van der Waals surface area contributed by atoms with Gasteiger partial charge in [-0.1, -0.05) is 29.0 Å². The minimum atomic E-state index is -0.417. The largest absolute Gasteiger partial charge is 0.494 e. The van der Waals surface area contributed by atoms with Crippen molar-refractivity contribution < 1.29 is 14.3 Å². The van der Waals surface area contributed by atoms with Crippen LogP contribution in [0.2, 0.25) is 5.02 Å². The maximum atomic E-state index is 12.4. The summed E-state index contributed by atoms with van der Waals surface area (Å²) < 4.78 is 6.45. The Morgan fingerprint density at radius 1 is 1.06 bits per heavy atom. The van der Waals surface area contributed by atoms with Gasteiger partial charge < -0.3 is 15.4 Å². The predicted molar refractivity (Wildman–Crippen MR) is 134 cm³/mol. The average molecular weight is 502 g/mol. The maximum Gasteiger partial charge on any atom is 0.325 e. The second-order valence-electron chi connectivity index (χ2n) is 6.86. The Morgan fingerprint density at radius 2 is 1.94 bits per heavy atom. The summed E-state index contributed by atoms with van der Waals surface area (Å²) >= 11 is 8.61. The number of nitrogens with zero attached hydrogens (tertiary/aromatic N) is 2. The van der Waals surface area contributed by atoms with Crippen LogP contribution in [0.4, 0.5) is 20.7 Å². The third-order valence-corrected chi connectivity index (χ3v) is 6.36. The molecular formula is C22H20ClN5O3S2. The van der Waals surface area contributed by atoms with Gasteiger partial charge in [0.1, 0.15) is 5.75 Å². The van der Waals surface area contributed by atoms with E-state index in [-0.39, 0.29) is 12.3 Å². The zero-order valence-corrected chi connectivity index (χ0v) is 19.9. The third-order valence-electron chi connectivity index (χ3n) is 4.38. The number of ether oxygens (including phenoxy) is 1. The first-order valence-corrected chi connectivity index (χ1v) is 12.2. The molecule has 2 aromatic carbocycles. The van der Waals surface area contributed by atoms with E-state index in [1.54, 1.807) is 24.3 Å².